The Morgan fingerprint density at radius 3 is 2.64 bits per heavy atom. The van der Waals surface area contributed by atoms with E-state index in [1.807, 2.05) is 19.1 Å². The van der Waals surface area contributed by atoms with Gasteiger partial charge in [-0.3, -0.25) is 24.2 Å². The van der Waals surface area contributed by atoms with Crippen LogP contribution in [0.3, 0.4) is 0 Å². The van der Waals surface area contributed by atoms with Crippen LogP contribution in [-0.2, 0) is 19.6 Å². The predicted molar refractivity (Wildman–Crippen MR) is 140 cm³/mol. The molecule has 4 heterocycles. The summed E-state index contributed by atoms with van der Waals surface area (Å²) in [5, 5.41) is 2.41. The Bertz CT molecular complexity index is 1570. The van der Waals surface area contributed by atoms with Crippen molar-refractivity contribution in [2.45, 2.75) is 51.2 Å². The van der Waals surface area contributed by atoms with Crippen LogP contribution in [0.15, 0.2) is 53.2 Å². The number of carbonyl (C=O) groups is 4. The molecule has 2 amide bonds. The summed E-state index contributed by atoms with van der Waals surface area (Å²) in [6.07, 6.45) is 3.65. The van der Waals surface area contributed by atoms with Crippen LogP contribution in [0.2, 0.25) is 0 Å². The van der Waals surface area contributed by atoms with Gasteiger partial charge in [0, 0.05) is 29.9 Å². The number of ketones is 1. The predicted octanol–water partition coefficient (Wildman–Crippen LogP) is 2.06. The molecule has 0 aliphatic carbocycles. The number of nitrogens with one attached hydrogen (secondary N) is 1. The summed E-state index contributed by atoms with van der Waals surface area (Å²) in [5.74, 6) is -1.39. The number of aryl methyl sites for hydroxylation is 1. The highest BCUT2D eigenvalue weighted by atomic mass is 32.2. The zero-order chi connectivity index (χ0) is 27.9. The topological polar surface area (TPSA) is 147 Å². The van der Waals surface area contributed by atoms with Crippen molar-refractivity contribution < 1.29 is 32.0 Å². The molecule has 2 saturated heterocycles. The second-order valence-electron chi connectivity index (χ2n) is 9.75. The van der Waals surface area contributed by atoms with Crippen molar-refractivity contribution >= 4 is 43.7 Å². The third-order valence-corrected chi connectivity index (χ3v) is 9.05. The van der Waals surface area contributed by atoms with Crippen LogP contribution in [0.25, 0.3) is 11.0 Å². The Balaban J connectivity index is 1.35. The molecule has 0 bridgehead atoms. The molecule has 0 radical (unpaired) electrons. The lowest BCUT2D eigenvalue weighted by atomic mass is 10.1. The summed E-state index contributed by atoms with van der Waals surface area (Å²) < 4.78 is 33.0. The van der Waals surface area contributed by atoms with E-state index in [1.165, 1.54) is 23.2 Å². The minimum atomic E-state index is -4.52. The Morgan fingerprint density at radius 1 is 1.18 bits per heavy atom. The lowest BCUT2D eigenvalue weighted by Crippen LogP contribution is -2.52. The molecule has 5 rings (SSSR count). The van der Waals surface area contributed by atoms with Gasteiger partial charge in [-0.25, -0.2) is 8.42 Å². The number of para-hydroxylation sites is 1. The van der Waals surface area contributed by atoms with Crippen molar-refractivity contribution in [3.05, 3.63) is 65.7 Å². The second-order valence-corrected chi connectivity index (χ2v) is 11.5. The lowest BCUT2D eigenvalue weighted by Gasteiger charge is -2.28. The van der Waals surface area contributed by atoms with Crippen LogP contribution >= 0.6 is 0 Å². The molecule has 0 spiro atoms. The fourth-order valence-corrected chi connectivity index (χ4v) is 6.95. The summed E-state index contributed by atoms with van der Waals surface area (Å²) >= 11 is 0. The van der Waals surface area contributed by atoms with Crippen LogP contribution in [0, 0.1) is 6.92 Å². The first-order valence-corrected chi connectivity index (χ1v) is 14.2. The van der Waals surface area contributed by atoms with Crippen molar-refractivity contribution in [2.24, 2.45) is 0 Å². The third kappa shape index (κ3) is 4.63. The number of fused-ring (bicyclic) bond motifs is 2. The maximum absolute atomic E-state index is 13.6. The Kier molecular flexibility index (Phi) is 7.08. The molecule has 39 heavy (non-hydrogen) atoms. The minimum Gasteiger partial charge on any atom is -0.451 e. The molecule has 2 aliphatic heterocycles. The van der Waals surface area contributed by atoms with Gasteiger partial charge >= 0.3 is 0 Å². The molecule has 3 aromatic rings. The molecular formula is C27H28N4O7S. The average molecular weight is 553 g/mol. The number of Topliss-reactive ketones (excluding diaryl/α,β-unsaturated/α-hetero) is 1. The fourth-order valence-electron chi connectivity index (χ4n) is 5.44. The van der Waals surface area contributed by atoms with Gasteiger partial charge in [0.25, 0.3) is 21.0 Å². The van der Waals surface area contributed by atoms with Gasteiger partial charge in [-0.1, -0.05) is 31.5 Å². The number of hydrogen-bond acceptors (Lipinski definition) is 8. The van der Waals surface area contributed by atoms with Gasteiger partial charge in [0.1, 0.15) is 17.7 Å². The standard InChI is InChI=1S/C27H28N4O7S/c1-3-7-19(29-25(33)24-16(2)18-9-4-5-10-22(18)38-24)26(34)30-13-11-20-23(30)21(32)15-31(20)39(36,37)27(35)17-8-6-12-28-14-17/h4-6,8-10,12,14,19-20,23H,3,7,11,13,15H2,1-2H3,(H,29,33). The molecule has 12 heteroatoms. The first kappa shape index (κ1) is 26.7. The molecule has 1 aromatic carbocycles. The molecule has 1 N–H and O–H groups in total. The van der Waals surface area contributed by atoms with Crippen molar-refractivity contribution in [3.8, 4) is 0 Å². The van der Waals surface area contributed by atoms with E-state index in [0.717, 1.165) is 15.9 Å². The van der Waals surface area contributed by atoms with E-state index in [9.17, 15) is 27.6 Å². The number of furan rings is 1. The zero-order valence-electron chi connectivity index (χ0n) is 21.5. The Hall–Kier alpha value is -3.90. The van der Waals surface area contributed by atoms with Gasteiger partial charge in [-0.05, 0) is 38.0 Å². The summed E-state index contributed by atoms with van der Waals surface area (Å²) in [6, 6.07) is 7.20. The number of likely N-dealkylation sites (tertiary alicyclic amines) is 1. The fraction of sp³-hybridized carbons (Fsp3) is 0.370. The molecule has 2 aliphatic rings. The molecular weight excluding hydrogens is 524 g/mol. The molecule has 11 nitrogen and oxygen atoms in total. The third-order valence-electron chi connectivity index (χ3n) is 7.33. The van der Waals surface area contributed by atoms with Gasteiger partial charge in [-0.2, -0.15) is 4.31 Å². The summed E-state index contributed by atoms with van der Waals surface area (Å²) in [4.78, 5) is 57.7. The number of sulfonamides is 1. The van der Waals surface area contributed by atoms with Crippen LogP contribution in [-0.4, -0.2) is 76.5 Å². The van der Waals surface area contributed by atoms with Crippen LogP contribution in [0.5, 0.6) is 0 Å². The summed E-state index contributed by atoms with van der Waals surface area (Å²) in [7, 11) is -4.52. The molecule has 2 fully saturated rings. The van der Waals surface area contributed by atoms with Gasteiger partial charge in [0.2, 0.25) is 5.91 Å². The number of hydrogen-bond donors (Lipinski definition) is 1. The molecule has 2 aromatic heterocycles. The van der Waals surface area contributed by atoms with Crippen LogP contribution < -0.4 is 5.32 Å². The highest BCUT2D eigenvalue weighted by molar-refractivity contribution is 8.04. The normalized spacial score (nSPS) is 20.3. The van der Waals surface area contributed by atoms with Gasteiger partial charge in [-0.15, -0.1) is 0 Å². The summed E-state index contributed by atoms with van der Waals surface area (Å²) in [5.41, 5.74) is 1.10. The highest BCUT2D eigenvalue weighted by Crippen LogP contribution is 2.33. The van der Waals surface area contributed by atoms with Crippen LogP contribution in [0.1, 0.15) is 52.7 Å². The monoisotopic (exact) mass is 552 g/mol. The quantitative estimate of drug-likeness (QED) is 0.469. The molecule has 0 saturated carbocycles. The number of amides is 2. The van der Waals surface area contributed by atoms with Crippen molar-refractivity contribution in [1.29, 1.82) is 0 Å². The first-order valence-electron chi connectivity index (χ1n) is 12.7. The number of nitrogens with zero attached hydrogens (tertiary/aromatic N) is 3. The van der Waals surface area contributed by atoms with Crippen molar-refractivity contribution in [1.82, 2.24) is 19.5 Å². The Labute approximate surface area is 225 Å². The first-order chi connectivity index (χ1) is 18.6. The largest absolute Gasteiger partial charge is 0.451 e. The lowest BCUT2D eigenvalue weighted by molar-refractivity contribution is -0.138. The average Bonchev–Trinajstić information content (AvgIpc) is 3.62. The maximum Gasteiger partial charge on any atom is 0.293 e. The Morgan fingerprint density at radius 2 is 1.95 bits per heavy atom. The number of benzene rings is 1. The van der Waals surface area contributed by atoms with Gasteiger partial charge < -0.3 is 14.6 Å². The van der Waals surface area contributed by atoms with E-state index in [1.54, 1.807) is 19.1 Å². The van der Waals surface area contributed by atoms with Crippen molar-refractivity contribution in [3.63, 3.8) is 0 Å². The molecule has 3 atom stereocenters. The smallest absolute Gasteiger partial charge is 0.293 e. The zero-order valence-corrected chi connectivity index (χ0v) is 22.3. The SMILES string of the molecule is CCCC(NC(=O)c1oc2ccccc2c1C)C(=O)N1CCC2C1C(=O)CN2S(=O)(=O)C(=O)c1cccnc1. The second kappa shape index (κ2) is 10.3. The number of rotatable bonds is 7. The van der Waals surface area contributed by atoms with Crippen molar-refractivity contribution in [2.75, 3.05) is 13.1 Å². The van der Waals surface area contributed by atoms with E-state index in [0.29, 0.717) is 24.0 Å². The molecule has 3 unspecified atom stereocenters. The molecule has 204 valence electrons. The van der Waals surface area contributed by atoms with Gasteiger partial charge in [0.05, 0.1) is 18.2 Å². The van der Waals surface area contributed by atoms with Crippen LogP contribution in [0.4, 0.5) is 0 Å². The number of pyridine rings is 1. The van der Waals surface area contributed by atoms with E-state index in [4.69, 9.17) is 4.42 Å². The van der Waals surface area contributed by atoms with E-state index in [-0.39, 0.29) is 24.3 Å². The summed E-state index contributed by atoms with van der Waals surface area (Å²) in [6.45, 7) is 3.25. The van der Waals surface area contributed by atoms with E-state index in [2.05, 4.69) is 10.3 Å². The minimum absolute atomic E-state index is 0.104. The number of carbonyl (C=O) groups excluding carboxylic acids is 4. The van der Waals surface area contributed by atoms with E-state index < -0.39 is 57.4 Å². The highest BCUT2D eigenvalue weighted by Gasteiger charge is 2.55. The van der Waals surface area contributed by atoms with Gasteiger partial charge in [0.15, 0.2) is 11.5 Å². The maximum atomic E-state index is 13.6. The number of aromatic nitrogens is 1. The van der Waals surface area contributed by atoms with E-state index >= 15 is 0 Å².